The Labute approximate surface area is 194 Å². The Kier molecular flexibility index (Phi) is 25.0. The Balaban J connectivity index is -0.000000451. The minimum atomic E-state index is -1.40. The van der Waals surface area contributed by atoms with Gasteiger partial charge < -0.3 is 29.3 Å². The third kappa shape index (κ3) is 17.8. The van der Waals surface area contributed by atoms with Crippen molar-refractivity contribution in [2.24, 2.45) is 11.8 Å². The summed E-state index contributed by atoms with van der Waals surface area (Å²) >= 11 is 0. The maximum absolute atomic E-state index is 10.3. The van der Waals surface area contributed by atoms with E-state index in [1.165, 1.54) is 0 Å². The summed E-state index contributed by atoms with van der Waals surface area (Å²) in [7, 11) is 0. The molecule has 0 fully saturated rings. The molecule has 0 rings (SSSR count). The van der Waals surface area contributed by atoms with Gasteiger partial charge in [0, 0.05) is 12.2 Å². The van der Waals surface area contributed by atoms with E-state index < -0.39 is 12.3 Å². The molecule has 0 aliphatic carbocycles. The maximum atomic E-state index is 10.3. The molecular formula is C22H42MgO6. The molecule has 7 heteroatoms. The SMILES string of the molecule is CCCCC(CC)C(CC)OC(=O)[O-].CCCCC(CC)C(CC)OC(=O)[O-].[Mg+2]. The normalized spacial score (nSPS) is 14.3. The van der Waals surface area contributed by atoms with Crippen molar-refractivity contribution in [3.63, 3.8) is 0 Å². The molecule has 168 valence electrons. The topological polar surface area (TPSA) is 98.7 Å². The molecule has 0 aliphatic rings. The monoisotopic (exact) mass is 426 g/mol. The Morgan fingerprint density at radius 3 is 1.14 bits per heavy atom. The molecule has 0 radical (unpaired) electrons. The Morgan fingerprint density at radius 2 is 0.966 bits per heavy atom. The second-order valence-electron chi connectivity index (χ2n) is 7.25. The van der Waals surface area contributed by atoms with Crippen molar-refractivity contribution in [2.45, 2.75) is 118 Å². The molecule has 0 saturated carbocycles. The minimum absolute atomic E-state index is 0. The largest absolute Gasteiger partial charge is 2.00 e. The zero-order chi connectivity index (χ0) is 21.9. The second-order valence-corrected chi connectivity index (χ2v) is 7.25. The van der Waals surface area contributed by atoms with E-state index in [0.29, 0.717) is 11.8 Å². The van der Waals surface area contributed by atoms with Crippen LogP contribution in [-0.2, 0) is 9.47 Å². The molecule has 0 aliphatic heterocycles. The van der Waals surface area contributed by atoms with E-state index in [0.717, 1.165) is 64.2 Å². The molecule has 0 spiro atoms. The molecule has 0 aromatic heterocycles. The summed E-state index contributed by atoms with van der Waals surface area (Å²) in [5.74, 6) is 0.690. The molecule has 0 heterocycles. The molecule has 0 bridgehead atoms. The number of rotatable bonds is 14. The Morgan fingerprint density at radius 1 is 0.655 bits per heavy atom. The summed E-state index contributed by atoms with van der Waals surface area (Å²) in [6, 6.07) is 0. The molecule has 0 N–H and O–H groups in total. The van der Waals surface area contributed by atoms with Gasteiger partial charge in [-0.05, 0) is 37.5 Å². The fraction of sp³-hybridized carbons (Fsp3) is 0.909. The first kappa shape index (κ1) is 33.0. The predicted molar refractivity (Wildman–Crippen MR) is 113 cm³/mol. The quantitative estimate of drug-likeness (QED) is 0.303. The molecule has 0 aromatic rings. The van der Waals surface area contributed by atoms with E-state index in [4.69, 9.17) is 9.47 Å². The Bertz CT molecular complexity index is 355. The van der Waals surface area contributed by atoms with E-state index in [-0.39, 0.29) is 35.3 Å². The van der Waals surface area contributed by atoms with Crippen LogP contribution in [0.1, 0.15) is 106 Å². The number of carboxylic acid groups (broad SMARTS) is 2. The second kappa shape index (κ2) is 22.0. The van der Waals surface area contributed by atoms with Crippen molar-refractivity contribution < 1.29 is 29.3 Å². The van der Waals surface area contributed by atoms with Gasteiger partial charge in [-0.25, -0.2) is 0 Å². The van der Waals surface area contributed by atoms with Gasteiger partial charge in [-0.2, -0.15) is 0 Å². The fourth-order valence-corrected chi connectivity index (χ4v) is 3.51. The predicted octanol–water partition coefficient (Wildman–Crippen LogP) is 4.30. The maximum Gasteiger partial charge on any atom is 2.00 e. The average molecular weight is 427 g/mol. The van der Waals surface area contributed by atoms with E-state index in [1.807, 2.05) is 13.8 Å². The van der Waals surface area contributed by atoms with Gasteiger partial charge in [0.15, 0.2) is 0 Å². The van der Waals surface area contributed by atoms with E-state index in [2.05, 4.69) is 27.7 Å². The van der Waals surface area contributed by atoms with Gasteiger partial charge in [-0.3, -0.25) is 0 Å². The number of carbonyl (C=O) groups excluding carboxylic acids is 2. The van der Waals surface area contributed by atoms with Crippen LogP contribution in [0.4, 0.5) is 9.59 Å². The molecule has 4 unspecified atom stereocenters. The van der Waals surface area contributed by atoms with Crippen LogP contribution in [0.2, 0.25) is 0 Å². The molecule has 29 heavy (non-hydrogen) atoms. The van der Waals surface area contributed by atoms with E-state index in [1.54, 1.807) is 0 Å². The summed E-state index contributed by atoms with van der Waals surface area (Å²) < 4.78 is 9.51. The van der Waals surface area contributed by atoms with Crippen molar-refractivity contribution in [1.29, 1.82) is 0 Å². The Hall–Kier alpha value is -0.694. The van der Waals surface area contributed by atoms with Crippen LogP contribution < -0.4 is 10.2 Å². The van der Waals surface area contributed by atoms with Crippen molar-refractivity contribution in [1.82, 2.24) is 0 Å². The number of carbonyl (C=O) groups is 2. The van der Waals surface area contributed by atoms with E-state index in [9.17, 15) is 19.8 Å². The van der Waals surface area contributed by atoms with Gasteiger partial charge in [-0.1, -0.05) is 80.1 Å². The minimum Gasteiger partial charge on any atom is -0.546 e. The molecule has 0 amide bonds. The number of hydrogen-bond acceptors (Lipinski definition) is 6. The average Bonchev–Trinajstić information content (AvgIpc) is 2.66. The first-order chi connectivity index (χ1) is 13.3. The van der Waals surface area contributed by atoms with Crippen molar-refractivity contribution >= 4 is 35.4 Å². The molecule has 4 atom stereocenters. The van der Waals surface area contributed by atoms with E-state index >= 15 is 0 Å². The van der Waals surface area contributed by atoms with Crippen LogP contribution in [0.25, 0.3) is 0 Å². The third-order valence-corrected chi connectivity index (χ3v) is 5.26. The standard InChI is InChI=1S/2C11H22O3.Mg/c2*1-4-7-8-9(5-2)10(6-3)14-11(12)13;/h2*9-10H,4-8H2,1-3H3,(H,12,13);/q;;+2/p-2. The van der Waals surface area contributed by atoms with Crippen molar-refractivity contribution in [3.8, 4) is 0 Å². The fourth-order valence-electron chi connectivity index (χ4n) is 3.51. The summed E-state index contributed by atoms with van der Waals surface area (Å²) in [4.78, 5) is 20.7. The molecule has 0 aromatic carbocycles. The van der Waals surface area contributed by atoms with Crippen LogP contribution in [0.15, 0.2) is 0 Å². The van der Waals surface area contributed by atoms with Crippen molar-refractivity contribution in [2.75, 3.05) is 0 Å². The zero-order valence-corrected chi connectivity index (χ0v) is 21.0. The number of unbranched alkanes of at least 4 members (excludes halogenated alkanes) is 2. The third-order valence-electron chi connectivity index (χ3n) is 5.26. The summed E-state index contributed by atoms with van der Waals surface area (Å²) in [5.41, 5.74) is 0. The zero-order valence-electron chi connectivity index (χ0n) is 19.5. The van der Waals surface area contributed by atoms with Crippen molar-refractivity contribution in [3.05, 3.63) is 0 Å². The summed E-state index contributed by atoms with van der Waals surface area (Å²) in [6.07, 6.45) is 6.85. The van der Waals surface area contributed by atoms with Crippen LogP contribution >= 0.6 is 0 Å². The smallest absolute Gasteiger partial charge is 0.546 e. The van der Waals surface area contributed by atoms with Gasteiger partial charge in [0.2, 0.25) is 0 Å². The first-order valence-electron chi connectivity index (χ1n) is 11.1. The first-order valence-corrected chi connectivity index (χ1v) is 11.1. The van der Waals surface area contributed by atoms with Crippen LogP contribution in [0.5, 0.6) is 0 Å². The van der Waals surface area contributed by atoms with Gasteiger partial charge in [0.1, 0.15) is 0 Å². The van der Waals surface area contributed by atoms with Crippen LogP contribution in [-0.4, -0.2) is 47.6 Å². The summed E-state index contributed by atoms with van der Waals surface area (Å²) in [5, 5.41) is 20.7. The molecule has 6 nitrogen and oxygen atoms in total. The molecular weight excluding hydrogens is 385 g/mol. The van der Waals surface area contributed by atoms with Gasteiger partial charge in [-0.15, -0.1) is 0 Å². The van der Waals surface area contributed by atoms with Gasteiger partial charge >= 0.3 is 23.1 Å². The number of hydrogen-bond donors (Lipinski definition) is 0. The summed E-state index contributed by atoms with van der Waals surface area (Å²) in [6.45, 7) is 12.3. The van der Waals surface area contributed by atoms with Crippen LogP contribution in [0.3, 0.4) is 0 Å². The number of ether oxygens (including phenoxy) is 2. The van der Waals surface area contributed by atoms with Gasteiger partial charge in [0.25, 0.3) is 12.3 Å². The van der Waals surface area contributed by atoms with Gasteiger partial charge in [0.05, 0.1) is 0 Å². The van der Waals surface area contributed by atoms with Crippen LogP contribution in [0, 0.1) is 11.8 Å². The molecule has 0 saturated heterocycles.